The number of hydrogen-bond acceptors (Lipinski definition) is 6. The topological polar surface area (TPSA) is 103 Å². The van der Waals surface area contributed by atoms with Gasteiger partial charge in [0, 0.05) is 24.4 Å². The van der Waals surface area contributed by atoms with Gasteiger partial charge in [0.05, 0.1) is 29.3 Å². The van der Waals surface area contributed by atoms with Crippen LogP contribution in [0, 0.1) is 19.7 Å². The molecule has 0 unspecified atom stereocenters. The van der Waals surface area contributed by atoms with Crippen molar-refractivity contribution in [2.45, 2.75) is 13.8 Å². The number of carbonyl (C=O) groups excluding carboxylic acids is 1. The smallest absolute Gasteiger partial charge is 0.274 e. The van der Waals surface area contributed by atoms with Crippen molar-refractivity contribution >= 4 is 17.2 Å². The third-order valence-corrected chi connectivity index (χ3v) is 5.10. The van der Waals surface area contributed by atoms with Gasteiger partial charge in [-0.15, -0.1) is 5.10 Å². The third-order valence-electron chi connectivity index (χ3n) is 5.10. The van der Waals surface area contributed by atoms with Crippen LogP contribution in [0.25, 0.3) is 28.3 Å². The van der Waals surface area contributed by atoms with Crippen LogP contribution in [0.15, 0.2) is 54.9 Å². The number of pyridine rings is 1. The van der Waals surface area contributed by atoms with Crippen LogP contribution in [-0.4, -0.2) is 40.3 Å². The number of anilines is 1. The van der Waals surface area contributed by atoms with E-state index in [4.69, 9.17) is 0 Å². The van der Waals surface area contributed by atoms with Crippen LogP contribution in [-0.2, 0) is 7.05 Å². The van der Waals surface area contributed by atoms with E-state index in [0.29, 0.717) is 28.6 Å². The summed E-state index contributed by atoms with van der Waals surface area (Å²) in [6.45, 7) is 3.63. The number of aryl methyl sites for hydroxylation is 3. The molecule has 0 fully saturated rings. The van der Waals surface area contributed by atoms with Crippen molar-refractivity contribution < 1.29 is 9.18 Å². The predicted molar refractivity (Wildman–Crippen MR) is 120 cm³/mol. The molecular formula is C23H19FN8O. The second-order valence-electron chi connectivity index (χ2n) is 7.57. The number of aromatic nitrogens is 7. The van der Waals surface area contributed by atoms with Crippen LogP contribution < -0.4 is 5.32 Å². The molecule has 1 amide bonds. The Bertz CT molecular complexity index is 1490. The SMILES string of the molecule is Cc1cc(-c2cnn(C)c2C(=O)Nc2cc3nc(-c4ccccc4)nn3cc2F)nc(C)n1. The molecule has 0 aliphatic rings. The van der Waals surface area contributed by atoms with Crippen LogP contribution in [0.3, 0.4) is 0 Å². The number of rotatable bonds is 4. The molecule has 164 valence electrons. The van der Waals surface area contributed by atoms with Crippen molar-refractivity contribution in [3.63, 3.8) is 0 Å². The maximum Gasteiger partial charge on any atom is 0.274 e. The summed E-state index contributed by atoms with van der Waals surface area (Å²) in [6, 6.07) is 12.6. The summed E-state index contributed by atoms with van der Waals surface area (Å²) in [5, 5.41) is 11.2. The van der Waals surface area contributed by atoms with Crippen LogP contribution >= 0.6 is 0 Å². The Kier molecular flexibility index (Phi) is 4.89. The van der Waals surface area contributed by atoms with Gasteiger partial charge in [0.1, 0.15) is 11.5 Å². The summed E-state index contributed by atoms with van der Waals surface area (Å²) in [5.41, 5.74) is 3.31. The van der Waals surface area contributed by atoms with Crippen molar-refractivity contribution in [2.24, 2.45) is 7.05 Å². The lowest BCUT2D eigenvalue weighted by Gasteiger charge is -2.09. The number of nitrogens with one attached hydrogen (secondary N) is 1. The highest BCUT2D eigenvalue weighted by Crippen LogP contribution is 2.25. The Hall–Kier alpha value is -4.47. The second-order valence-corrected chi connectivity index (χ2v) is 7.57. The summed E-state index contributed by atoms with van der Waals surface area (Å²) in [5.74, 6) is -0.123. The normalized spacial score (nSPS) is 11.2. The minimum atomic E-state index is -0.641. The molecular weight excluding hydrogens is 423 g/mol. The number of carbonyl (C=O) groups is 1. The number of benzene rings is 1. The molecule has 0 aliphatic heterocycles. The van der Waals surface area contributed by atoms with E-state index >= 15 is 0 Å². The van der Waals surface area contributed by atoms with E-state index in [1.165, 1.54) is 21.5 Å². The van der Waals surface area contributed by atoms with Gasteiger partial charge in [-0.2, -0.15) is 5.10 Å². The van der Waals surface area contributed by atoms with E-state index in [-0.39, 0.29) is 11.4 Å². The molecule has 10 heteroatoms. The zero-order chi connectivity index (χ0) is 23.1. The monoisotopic (exact) mass is 442 g/mol. The number of halogens is 1. The Morgan fingerprint density at radius 3 is 2.61 bits per heavy atom. The molecule has 9 nitrogen and oxygen atoms in total. The van der Waals surface area contributed by atoms with E-state index in [0.717, 1.165) is 11.3 Å². The van der Waals surface area contributed by atoms with E-state index in [2.05, 4.69) is 30.5 Å². The Labute approximate surface area is 188 Å². The fourth-order valence-electron chi connectivity index (χ4n) is 3.64. The second kappa shape index (κ2) is 7.90. The first-order valence-corrected chi connectivity index (χ1v) is 10.2. The Morgan fingerprint density at radius 1 is 1.06 bits per heavy atom. The van der Waals surface area contributed by atoms with Crippen LogP contribution in [0.4, 0.5) is 10.1 Å². The first-order chi connectivity index (χ1) is 15.9. The maximum atomic E-state index is 14.8. The average Bonchev–Trinajstić information content (AvgIpc) is 3.37. The molecule has 0 atom stereocenters. The molecule has 0 bridgehead atoms. The lowest BCUT2D eigenvalue weighted by atomic mass is 10.1. The van der Waals surface area contributed by atoms with Crippen molar-refractivity contribution in [2.75, 3.05) is 5.32 Å². The zero-order valence-corrected chi connectivity index (χ0v) is 18.1. The van der Waals surface area contributed by atoms with Crippen molar-refractivity contribution in [3.05, 3.63) is 77.9 Å². The van der Waals surface area contributed by atoms with Crippen molar-refractivity contribution in [3.8, 4) is 22.6 Å². The third kappa shape index (κ3) is 3.82. The molecule has 33 heavy (non-hydrogen) atoms. The highest BCUT2D eigenvalue weighted by atomic mass is 19.1. The van der Waals surface area contributed by atoms with Gasteiger partial charge in [-0.1, -0.05) is 30.3 Å². The summed E-state index contributed by atoms with van der Waals surface area (Å²) < 4.78 is 17.6. The highest BCUT2D eigenvalue weighted by molar-refractivity contribution is 6.07. The average molecular weight is 442 g/mol. The van der Waals surface area contributed by atoms with Gasteiger partial charge in [-0.25, -0.2) is 23.9 Å². The number of fused-ring (bicyclic) bond motifs is 1. The molecule has 4 aromatic heterocycles. The highest BCUT2D eigenvalue weighted by Gasteiger charge is 2.21. The largest absolute Gasteiger partial charge is 0.318 e. The molecule has 1 aromatic carbocycles. The Morgan fingerprint density at radius 2 is 1.85 bits per heavy atom. The fourth-order valence-corrected chi connectivity index (χ4v) is 3.64. The van der Waals surface area contributed by atoms with Gasteiger partial charge in [-0.05, 0) is 19.9 Å². The molecule has 4 heterocycles. The molecule has 0 aliphatic carbocycles. The van der Waals surface area contributed by atoms with E-state index < -0.39 is 11.7 Å². The summed E-state index contributed by atoms with van der Waals surface area (Å²) >= 11 is 0. The van der Waals surface area contributed by atoms with E-state index in [1.54, 1.807) is 26.2 Å². The standard InChI is InChI=1S/C23H19FN8O/c1-13-9-18(27-14(2)26-13)16-11-25-31(3)21(16)23(33)28-19-10-20-29-22(15-7-5-4-6-8-15)30-32(20)12-17(19)24/h4-12H,1-3H3,(H,28,33). The molecule has 5 aromatic rings. The maximum absolute atomic E-state index is 14.8. The lowest BCUT2D eigenvalue weighted by molar-refractivity contribution is 0.101. The zero-order valence-electron chi connectivity index (χ0n) is 18.1. The molecule has 0 radical (unpaired) electrons. The summed E-state index contributed by atoms with van der Waals surface area (Å²) in [4.78, 5) is 26.3. The van der Waals surface area contributed by atoms with Gasteiger partial charge < -0.3 is 5.32 Å². The molecule has 0 saturated carbocycles. The van der Waals surface area contributed by atoms with Gasteiger partial charge in [-0.3, -0.25) is 9.48 Å². The predicted octanol–water partition coefficient (Wildman–Crippen LogP) is 3.60. The number of amides is 1. The molecule has 5 rings (SSSR count). The fraction of sp³-hybridized carbons (Fsp3) is 0.130. The summed E-state index contributed by atoms with van der Waals surface area (Å²) in [6.07, 6.45) is 2.74. The van der Waals surface area contributed by atoms with Crippen molar-refractivity contribution in [1.82, 2.24) is 34.3 Å². The van der Waals surface area contributed by atoms with E-state index in [9.17, 15) is 9.18 Å². The number of hydrogen-bond donors (Lipinski definition) is 1. The van der Waals surface area contributed by atoms with Gasteiger partial charge in [0.25, 0.3) is 5.91 Å². The minimum absolute atomic E-state index is 0.0123. The van der Waals surface area contributed by atoms with Gasteiger partial charge in [0.2, 0.25) is 0 Å². The summed E-state index contributed by atoms with van der Waals surface area (Å²) in [7, 11) is 1.64. The number of nitrogens with zero attached hydrogens (tertiary/aromatic N) is 7. The Balaban J connectivity index is 1.50. The van der Waals surface area contributed by atoms with Gasteiger partial charge in [0.15, 0.2) is 17.3 Å². The van der Waals surface area contributed by atoms with Gasteiger partial charge >= 0.3 is 0 Å². The van der Waals surface area contributed by atoms with Crippen molar-refractivity contribution in [1.29, 1.82) is 0 Å². The molecule has 1 N–H and O–H groups in total. The quantitative estimate of drug-likeness (QED) is 0.456. The van der Waals surface area contributed by atoms with Crippen LogP contribution in [0.2, 0.25) is 0 Å². The lowest BCUT2D eigenvalue weighted by Crippen LogP contribution is -2.18. The van der Waals surface area contributed by atoms with E-state index in [1.807, 2.05) is 37.3 Å². The first-order valence-electron chi connectivity index (χ1n) is 10.2. The van der Waals surface area contributed by atoms with Crippen LogP contribution in [0.1, 0.15) is 22.0 Å². The molecule has 0 spiro atoms. The van der Waals surface area contributed by atoms with Crippen LogP contribution in [0.5, 0.6) is 0 Å². The molecule has 0 saturated heterocycles. The minimum Gasteiger partial charge on any atom is -0.318 e. The first kappa shape index (κ1) is 20.4.